The minimum absolute atomic E-state index is 0.00847. The van der Waals surface area contributed by atoms with Crippen LogP contribution >= 0.6 is 0 Å². The second-order valence-corrected chi connectivity index (χ2v) is 6.90. The highest BCUT2D eigenvalue weighted by Gasteiger charge is 2.52. The molecule has 2 aliphatic rings. The van der Waals surface area contributed by atoms with E-state index in [1.54, 1.807) is 6.08 Å². The van der Waals surface area contributed by atoms with Crippen LogP contribution in [0.1, 0.15) is 24.0 Å². The van der Waals surface area contributed by atoms with Crippen LogP contribution in [0.25, 0.3) is 6.08 Å². The lowest BCUT2D eigenvalue weighted by Gasteiger charge is -2.33. The molecule has 160 valence electrons. The summed E-state index contributed by atoms with van der Waals surface area (Å²) in [6.45, 7) is -3.54. The molecule has 1 aromatic rings. The second kappa shape index (κ2) is 8.73. The molecule has 2 N–H and O–H groups in total. The topological polar surface area (TPSA) is 67.9 Å². The van der Waals surface area contributed by atoms with Crippen molar-refractivity contribution in [3.8, 4) is 0 Å². The van der Waals surface area contributed by atoms with Crippen LogP contribution in [0.4, 0.5) is 17.6 Å². The first-order valence-corrected chi connectivity index (χ1v) is 9.28. The molecule has 9 heteroatoms. The molecule has 1 amide bonds. The van der Waals surface area contributed by atoms with Gasteiger partial charge in [0.15, 0.2) is 11.5 Å². The minimum Gasteiger partial charge on any atom is -0.435 e. The Morgan fingerprint density at radius 1 is 1.43 bits per heavy atom. The molecule has 0 fully saturated rings. The fraction of sp³-hybridized carbons (Fsp3) is 0.333. The van der Waals surface area contributed by atoms with Gasteiger partial charge in [-0.1, -0.05) is 24.3 Å². The van der Waals surface area contributed by atoms with Crippen molar-refractivity contribution >= 4 is 17.9 Å². The van der Waals surface area contributed by atoms with Gasteiger partial charge in [0, 0.05) is 18.5 Å². The number of nitrogens with two attached hydrogens (primary N) is 1. The van der Waals surface area contributed by atoms with E-state index in [1.807, 2.05) is 0 Å². The van der Waals surface area contributed by atoms with Crippen LogP contribution in [-0.4, -0.2) is 37.1 Å². The van der Waals surface area contributed by atoms with Crippen molar-refractivity contribution in [2.45, 2.75) is 25.0 Å². The number of aliphatic imine (C=N–C) groups is 1. The number of amides is 1. The fourth-order valence-corrected chi connectivity index (χ4v) is 3.59. The number of carbonyl (C=O) groups is 1. The second-order valence-electron chi connectivity index (χ2n) is 6.90. The molecule has 1 heterocycles. The Bertz CT molecular complexity index is 942. The summed E-state index contributed by atoms with van der Waals surface area (Å²) in [5.41, 5.74) is 4.99. The third-order valence-corrected chi connectivity index (χ3v) is 5.10. The van der Waals surface area contributed by atoms with Gasteiger partial charge in [0.2, 0.25) is 0 Å². The van der Waals surface area contributed by atoms with Gasteiger partial charge in [-0.2, -0.15) is 8.78 Å². The molecule has 1 aliphatic heterocycles. The number of nitrogens with zero attached hydrogens (tertiary/aromatic N) is 2. The van der Waals surface area contributed by atoms with Crippen LogP contribution in [0, 0.1) is 11.7 Å². The zero-order chi connectivity index (χ0) is 21.9. The molecule has 5 nitrogen and oxygen atoms in total. The smallest absolute Gasteiger partial charge is 0.387 e. The van der Waals surface area contributed by atoms with Gasteiger partial charge < -0.3 is 10.5 Å². The maximum absolute atomic E-state index is 14.3. The van der Waals surface area contributed by atoms with Crippen molar-refractivity contribution in [1.82, 2.24) is 4.90 Å². The molecule has 1 aromatic carbocycles. The van der Waals surface area contributed by atoms with Crippen molar-refractivity contribution in [1.29, 1.82) is 0 Å². The number of hydrogen-bond donors (Lipinski definition) is 1. The number of benzene rings is 1. The normalized spacial score (nSPS) is 24.0. The number of halogens is 4. The number of hydrogen-bond acceptors (Lipinski definition) is 4. The van der Waals surface area contributed by atoms with Crippen LogP contribution in [0.3, 0.4) is 0 Å². The molecule has 30 heavy (non-hydrogen) atoms. The Morgan fingerprint density at radius 3 is 2.77 bits per heavy atom. The van der Waals surface area contributed by atoms with E-state index >= 15 is 0 Å². The number of carbonyl (C=O) groups excluding carboxylic acids is 1. The minimum atomic E-state index is -2.96. The van der Waals surface area contributed by atoms with Gasteiger partial charge >= 0.3 is 6.61 Å². The third-order valence-electron chi connectivity index (χ3n) is 5.10. The monoisotopic (exact) mass is 423 g/mol. The Labute approximate surface area is 171 Å². The largest absolute Gasteiger partial charge is 0.435 e. The van der Waals surface area contributed by atoms with Gasteiger partial charge in [-0.25, -0.2) is 9.38 Å². The van der Waals surface area contributed by atoms with E-state index in [0.29, 0.717) is 5.56 Å². The molecule has 0 radical (unpaired) electrons. The molecule has 3 rings (SSSR count). The Hall–Kier alpha value is -3.10. The average Bonchev–Trinajstić information content (AvgIpc) is 2.94. The van der Waals surface area contributed by atoms with Crippen LogP contribution in [0.15, 0.2) is 53.3 Å². The van der Waals surface area contributed by atoms with Crippen LogP contribution < -0.4 is 5.73 Å². The van der Waals surface area contributed by atoms with Crippen LogP contribution in [-0.2, 0) is 15.1 Å². The van der Waals surface area contributed by atoms with Crippen LogP contribution in [0.5, 0.6) is 0 Å². The fourth-order valence-electron chi connectivity index (χ4n) is 3.59. The molecule has 1 unspecified atom stereocenters. The Balaban J connectivity index is 2.04. The van der Waals surface area contributed by atoms with Gasteiger partial charge in [0.05, 0.1) is 6.67 Å². The quantitative estimate of drug-likeness (QED) is 0.677. The summed E-state index contributed by atoms with van der Waals surface area (Å²) in [4.78, 5) is 18.8. The summed E-state index contributed by atoms with van der Waals surface area (Å²) in [5, 5.41) is 0. The van der Waals surface area contributed by atoms with Gasteiger partial charge in [0.1, 0.15) is 11.6 Å². The Morgan fingerprint density at radius 2 is 2.20 bits per heavy atom. The maximum Gasteiger partial charge on any atom is 0.387 e. The van der Waals surface area contributed by atoms with Crippen molar-refractivity contribution < 1.29 is 27.1 Å². The van der Waals surface area contributed by atoms with Crippen molar-refractivity contribution in [2.24, 2.45) is 16.6 Å². The summed E-state index contributed by atoms with van der Waals surface area (Å²) < 4.78 is 56.0. The molecule has 0 spiro atoms. The third kappa shape index (κ3) is 3.96. The Kier molecular flexibility index (Phi) is 6.28. The lowest BCUT2D eigenvalue weighted by molar-refractivity contribution is -0.132. The zero-order valence-corrected chi connectivity index (χ0v) is 16.2. The first-order chi connectivity index (χ1) is 14.3. The zero-order valence-electron chi connectivity index (χ0n) is 16.2. The molecule has 0 bridgehead atoms. The lowest BCUT2D eigenvalue weighted by atomic mass is 9.74. The summed E-state index contributed by atoms with van der Waals surface area (Å²) >= 11 is 0. The van der Waals surface area contributed by atoms with Crippen molar-refractivity contribution in [3.05, 3.63) is 65.2 Å². The molecule has 0 saturated heterocycles. The number of likely N-dealkylation sites (N-methyl/N-ethyl adjacent to an activating group) is 1. The van der Waals surface area contributed by atoms with Crippen molar-refractivity contribution in [2.75, 3.05) is 13.7 Å². The highest BCUT2D eigenvalue weighted by Crippen LogP contribution is 2.44. The number of rotatable bonds is 7. The molecule has 2 atom stereocenters. The molecule has 0 aromatic heterocycles. The highest BCUT2D eigenvalue weighted by atomic mass is 19.3. The van der Waals surface area contributed by atoms with E-state index in [4.69, 9.17) is 5.73 Å². The predicted octanol–water partition coefficient (Wildman–Crippen LogP) is 3.88. The summed E-state index contributed by atoms with van der Waals surface area (Å²) in [6.07, 6.45) is 7.60. The van der Waals surface area contributed by atoms with Gasteiger partial charge in [0.25, 0.3) is 5.91 Å². The van der Waals surface area contributed by atoms with E-state index in [9.17, 15) is 22.4 Å². The number of alkyl halides is 3. The van der Waals surface area contributed by atoms with Crippen molar-refractivity contribution in [3.63, 3.8) is 0 Å². The highest BCUT2D eigenvalue weighted by molar-refractivity contribution is 6.07. The molecule has 0 saturated carbocycles. The molecular weight excluding hydrogens is 402 g/mol. The number of allylic oxidation sites excluding steroid dienone is 3. The number of guanidine groups is 1. The standard InChI is InChI=1S/C21H21F4N3O2/c1-28-18(29)21(27-20(28)26,14-5-8-16(9-6-14)30-19(24)25)15-7-10-17(23)13(12-15)4-2-3-11-22/h2,4-5,7-10,12,14,19H,3,6,11H2,1H3,(H2,26,27)/b4-2+/t14?,21-/m1/s1. The van der Waals surface area contributed by atoms with Gasteiger partial charge in [-0.15, -0.1) is 0 Å². The maximum atomic E-state index is 14.3. The molecule has 1 aliphatic carbocycles. The van der Waals surface area contributed by atoms with Crippen LogP contribution in [0.2, 0.25) is 0 Å². The van der Waals surface area contributed by atoms with E-state index < -0.39 is 36.5 Å². The van der Waals surface area contributed by atoms with E-state index in [-0.39, 0.29) is 30.1 Å². The first-order valence-electron chi connectivity index (χ1n) is 9.28. The number of ether oxygens (including phenoxy) is 1. The van der Waals surface area contributed by atoms with E-state index in [2.05, 4.69) is 9.73 Å². The summed E-state index contributed by atoms with van der Waals surface area (Å²) in [7, 11) is 1.47. The summed E-state index contributed by atoms with van der Waals surface area (Å²) in [6, 6.07) is 4.12. The average molecular weight is 423 g/mol. The van der Waals surface area contributed by atoms with Gasteiger partial charge in [-0.05, 0) is 42.7 Å². The van der Waals surface area contributed by atoms with E-state index in [0.717, 1.165) is 0 Å². The molecular formula is C21H21F4N3O2. The predicted molar refractivity (Wildman–Crippen MR) is 105 cm³/mol. The SMILES string of the molecule is CN1C(=O)[C@](c2ccc(F)c(/C=C/CCF)c2)(C2C=CC(OC(F)F)=CC2)N=C1N. The van der Waals surface area contributed by atoms with E-state index in [1.165, 1.54) is 54.5 Å². The first kappa shape index (κ1) is 21.6. The van der Waals surface area contributed by atoms with Gasteiger partial charge in [-0.3, -0.25) is 14.1 Å². The summed E-state index contributed by atoms with van der Waals surface area (Å²) in [5.74, 6) is -1.54. The lowest BCUT2D eigenvalue weighted by Crippen LogP contribution is -2.44.